The van der Waals surface area contributed by atoms with Crippen LogP contribution in [-0.2, 0) is 14.3 Å². The smallest absolute Gasteiger partial charge is 0.338 e. The first kappa shape index (κ1) is 8.90. The standard InChI is InChI=1S/C8H12O4/c1-2-11-8-6(7(9)10)4-3-5-12-8/h2-5H2,1H3,(H,9,10). The van der Waals surface area contributed by atoms with E-state index in [1.165, 1.54) is 0 Å². The van der Waals surface area contributed by atoms with Crippen molar-refractivity contribution in [3.8, 4) is 0 Å². The van der Waals surface area contributed by atoms with Gasteiger partial charge in [0.25, 0.3) is 5.95 Å². The summed E-state index contributed by atoms with van der Waals surface area (Å²) < 4.78 is 10.1. The molecule has 0 fully saturated rings. The molecule has 4 heteroatoms. The number of carbonyl (C=O) groups is 1. The Morgan fingerprint density at radius 2 is 2.50 bits per heavy atom. The van der Waals surface area contributed by atoms with Crippen molar-refractivity contribution < 1.29 is 19.4 Å². The lowest BCUT2D eigenvalue weighted by Gasteiger charge is -2.17. The number of ether oxygens (including phenoxy) is 2. The van der Waals surface area contributed by atoms with Crippen molar-refractivity contribution in [1.29, 1.82) is 0 Å². The number of hydrogen-bond acceptors (Lipinski definition) is 3. The lowest BCUT2D eigenvalue weighted by molar-refractivity contribution is -0.134. The Bertz CT molecular complexity index is 207. The summed E-state index contributed by atoms with van der Waals surface area (Å²) in [6.45, 7) is 2.78. The lowest BCUT2D eigenvalue weighted by Crippen LogP contribution is -2.15. The molecule has 12 heavy (non-hydrogen) atoms. The summed E-state index contributed by atoms with van der Waals surface area (Å²) in [5.41, 5.74) is 0.253. The van der Waals surface area contributed by atoms with Crippen LogP contribution in [-0.4, -0.2) is 24.3 Å². The highest BCUT2D eigenvalue weighted by Crippen LogP contribution is 2.19. The summed E-state index contributed by atoms with van der Waals surface area (Å²) in [5.74, 6) is -0.755. The Morgan fingerprint density at radius 1 is 1.75 bits per heavy atom. The van der Waals surface area contributed by atoms with E-state index < -0.39 is 5.97 Å². The molecular weight excluding hydrogens is 160 g/mol. The monoisotopic (exact) mass is 172 g/mol. The first-order valence-electron chi connectivity index (χ1n) is 3.97. The maximum atomic E-state index is 10.6. The van der Waals surface area contributed by atoms with Crippen molar-refractivity contribution in [2.24, 2.45) is 0 Å². The molecule has 0 unspecified atom stereocenters. The van der Waals surface area contributed by atoms with Crippen LogP contribution in [0.5, 0.6) is 0 Å². The summed E-state index contributed by atoms with van der Waals surface area (Å²) in [6, 6.07) is 0. The molecule has 0 aromatic carbocycles. The number of rotatable bonds is 3. The Kier molecular flexibility index (Phi) is 2.96. The molecule has 0 bridgehead atoms. The third-order valence-electron chi connectivity index (χ3n) is 1.58. The van der Waals surface area contributed by atoms with Gasteiger partial charge in [-0.2, -0.15) is 0 Å². The summed E-state index contributed by atoms with van der Waals surface area (Å²) >= 11 is 0. The zero-order valence-corrected chi connectivity index (χ0v) is 7.00. The van der Waals surface area contributed by atoms with E-state index in [0.29, 0.717) is 19.6 Å². The quantitative estimate of drug-likeness (QED) is 0.693. The number of carboxylic acid groups (broad SMARTS) is 1. The molecule has 0 saturated carbocycles. The van der Waals surface area contributed by atoms with Gasteiger partial charge in [0.05, 0.1) is 13.2 Å². The molecular formula is C8H12O4. The van der Waals surface area contributed by atoms with Gasteiger partial charge in [-0.3, -0.25) is 0 Å². The van der Waals surface area contributed by atoms with Gasteiger partial charge in [-0.15, -0.1) is 0 Å². The van der Waals surface area contributed by atoms with E-state index in [1.54, 1.807) is 6.92 Å². The van der Waals surface area contributed by atoms with Crippen molar-refractivity contribution in [1.82, 2.24) is 0 Å². The zero-order valence-electron chi connectivity index (χ0n) is 7.00. The number of carboxylic acids is 1. The van der Waals surface area contributed by atoms with E-state index in [4.69, 9.17) is 14.6 Å². The van der Waals surface area contributed by atoms with Crippen LogP contribution >= 0.6 is 0 Å². The highest BCUT2D eigenvalue weighted by molar-refractivity contribution is 5.86. The zero-order chi connectivity index (χ0) is 8.97. The van der Waals surface area contributed by atoms with Crippen molar-refractivity contribution in [3.05, 3.63) is 11.5 Å². The first-order valence-corrected chi connectivity index (χ1v) is 3.97. The second kappa shape index (κ2) is 3.99. The van der Waals surface area contributed by atoms with Crippen molar-refractivity contribution in [2.75, 3.05) is 13.2 Å². The van der Waals surface area contributed by atoms with Crippen LogP contribution in [0.1, 0.15) is 19.8 Å². The molecule has 0 radical (unpaired) electrons. The van der Waals surface area contributed by atoms with E-state index in [1.807, 2.05) is 0 Å². The molecule has 0 atom stereocenters. The summed E-state index contributed by atoms with van der Waals surface area (Å²) in [4.78, 5) is 10.6. The van der Waals surface area contributed by atoms with Crippen LogP contribution in [0, 0.1) is 0 Å². The summed E-state index contributed by atoms with van der Waals surface area (Å²) in [6.07, 6.45) is 1.28. The van der Waals surface area contributed by atoms with E-state index in [9.17, 15) is 4.79 Å². The SMILES string of the molecule is CCOC1=C(C(=O)O)CCCO1. The topological polar surface area (TPSA) is 55.8 Å². The fourth-order valence-corrected chi connectivity index (χ4v) is 1.06. The molecule has 1 rings (SSSR count). The second-order valence-corrected chi connectivity index (χ2v) is 2.46. The van der Waals surface area contributed by atoms with E-state index in [0.717, 1.165) is 6.42 Å². The van der Waals surface area contributed by atoms with Gasteiger partial charge in [0.2, 0.25) is 0 Å². The minimum absolute atomic E-state index is 0.191. The van der Waals surface area contributed by atoms with Crippen molar-refractivity contribution in [2.45, 2.75) is 19.8 Å². The van der Waals surface area contributed by atoms with E-state index in [2.05, 4.69) is 0 Å². The molecule has 4 nitrogen and oxygen atoms in total. The second-order valence-electron chi connectivity index (χ2n) is 2.46. The fraction of sp³-hybridized carbons (Fsp3) is 0.625. The molecule has 0 amide bonds. The van der Waals surface area contributed by atoms with Gasteiger partial charge >= 0.3 is 5.97 Å². The molecule has 0 spiro atoms. The van der Waals surface area contributed by atoms with Gasteiger partial charge in [0.15, 0.2) is 0 Å². The molecule has 1 aliphatic rings. The maximum absolute atomic E-state index is 10.6. The fourth-order valence-electron chi connectivity index (χ4n) is 1.06. The Balaban J connectivity index is 2.75. The third-order valence-corrected chi connectivity index (χ3v) is 1.58. The van der Waals surface area contributed by atoms with Crippen LogP contribution in [0.25, 0.3) is 0 Å². The first-order chi connectivity index (χ1) is 5.75. The van der Waals surface area contributed by atoms with Gasteiger partial charge in [0.1, 0.15) is 5.57 Å². The van der Waals surface area contributed by atoms with Crippen LogP contribution in [0.3, 0.4) is 0 Å². The van der Waals surface area contributed by atoms with Crippen LogP contribution in [0.4, 0.5) is 0 Å². The summed E-state index contributed by atoms with van der Waals surface area (Å²) in [5, 5.41) is 8.72. The van der Waals surface area contributed by atoms with Gasteiger partial charge in [-0.05, 0) is 19.8 Å². The molecule has 0 aliphatic carbocycles. The highest BCUT2D eigenvalue weighted by Gasteiger charge is 2.20. The number of aliphatic carboxylic acids is 1. The van der Waals surface area contributed by atoms with Crippen LogP contribution in [0.2, 0.25) is 0 Å². The van der Waals surface area contributed by atoms with Gasteiger partial charge in [-0.1, -0.05) is 0 Å². The molecule has 68 valence electrons. The molecule has 1 N–H and O–H groups in total. The lowest BCUT2D eigenvalue weighted by atomic mass is 10.1. The Morgan fingerprint density at radius 3 is 3.08 bits per heavy atom. The Labute approximate surface area is 70.8 Å². The molecule has 0 aromatic heterocycles. The average Bonchev–Trinajstić information content (AvgIpc) is 2.05. The molecule has 1 heterocycles. The normalized spacial score (nSPS) is 17.1. The highest BCUT2D eigenvalue weighted by atomic mass is 16.7. The van der Waals surface area contributed by atoms with E-state index >= 15 is 0 Å². The predicted octanol–water partition coefficient (Wildman–Crippen LogP) is 1.13. The van der Waals surface area contributed by atoms with Gasteiger partial charge in [-0.25, -0.2) is 4.79 Å². The van der Waals surface area contributed by atoms with Gasteiger partial charge < -0.3 is 14.6 Å². The summed E-state index contributed by atoms with van der Waals surface area (Å²) in [7, 11) is 0. The number of hydrogen-bond donors (Lipinski definition) is 1. The maximum Gasteiger partial charge on any atom is 0.338 e. The van der Waals surface area contributed by atoms with Crippen molar-refractivity contribution in [3.63, 3.8) is 0 Å². The van der Waals surface area contributed by atoms with Crippen LogP contribution < -0.4 is 0 Å². The van der Waals surface area contributed by atoms with Gasteiger partial charge in [0, 0.05) is 0 Å². The average molecular weight is 172 g/mol. The minimum atomic E-state index is -0.946. The molecule has 1 aliphatic heterocycles. The Hall–Kier alpha value is -1.19. The van der Waals surface area contributed by atoms with Crippen molar-refractivity contribution >= 4 is 5.97 Å². The minimum Gasteiger partial charge on any atom is -0.478 e. The third kappa shape index (κ3) is 1.90. The van der Waals surface area contributed by atoms with Crippen LogP contribution in [0.15, 0.2) is 11.5 Å². The van der Waals surface area contributed by atoms with E-state index in [-0.39, 0.29) is 11.5 Å². The molecule has 0 saturated heterocycles. The molecule has 0 aromatic rings. The largest absolute Gasteiger partial charge is 0.478 e. The predicted molar refractivity (Wildman–Crippen MR) is 41.5 cm³/mol.